The van der Waals surface area contributed by atoms with Crippen molar-refractivity contribution in [1.82, 2.24) is 5.32 Å². The molecule has 4 heteroatoms. The van der Waals surface area contributed by atoms with Crippen LogP contribution in [0.3, 0.4) is 0 Å². The van der Waals surface area contributed by atoms with Crippen LogP contribution < -0.4 is 5.32 Å². The molecule has 1 rings (SSSR count). The minimum Gasteiger partial charge on any atom is -0.469 e. The van der Waals surface area contributed by atoms with Gasteiger partial charge in [0.15, 0.2) is 0 Å². The molecule has 1 N–H and O–H groups in total. The molecule has 0 aromatic rings. The molecule has 74 valence electrons. The summed E-state index contributed by atoms with van der Waals surface area (Å²) in [5.74, 6) is -0.138. The predicted octanol–water partition coefficient (Wildman–Crippen LogP) is 0.466. The number of methoxy groups -OCH3 is 1. The highest BCUT2D eigenvalue weighted by Crippen LogP contribution is 2.29. The fraction of sp³-hybridized carbons (Fsp3) is 0.778. The Hall–Kier alpha value is -1.06. The highest BCUT2D eigenvalue weighted by atomic mass is 16.5. The molecule has 1 aliphatic heterocycles. The van der Waals surface area contributed by atoms with Gasteiger partial charge in [-0.3, -0.25) is 9.59 Å². The quantitative estimate of drug-likeness (QED) is 0.636. The van der Waals surface area contributed by atoms with Crippen molar-refractivity contribution in [3.05, 3.63) is 0 Å². The van der Waals surface area contributed by atoms with E-state index in [-0.39, 0.29) is 17.3 Å². The zero-order valence-electron chi connectivity index (χ0n) is 8.05. The smallest absolute Gasteiger partial charge is 0.306 e. The molecular weight excluding hydrogens is 170 g/mol. The number of hydrogen-bond donors (Lipinski definition) is 1. The number of rotatable bonds is 2. The number of ether oxygens (including phenoxy) is 1. The van der Waals surface area contributed by atoms with Crippen LogP contribution in [0.25, 0.3) is 0 Å². The molecule has 0 bridgehead atoms. The summed E-state index contributed by atoms with van der Waals surface area (Å²) in [7, 11) is 1.38. The van der Waals surface area contributed by atoms with Gasteiger partial charge in [0.25, 0.3) is 0 Å². The molecule has 0 saturated carbocycles. The molecule has 4 nitrogen and oxygen atoms in total. The van der Waals surface area contributed by atoms with Gasteiger partial charge in [-0.05, 0) is 11.8 Å². The Kier molecular flexibility index (Phi) is 2.90. The van der Waals surface area contributed by atoms with Crippen LogP contribution in [0, 0.1) is 5.41 Å². The SMILES string of the molecule is COC(=O)CC1(C)CCC(=O)NC1. The van der Waals surface area contributed by atoms with Gasteiger partial charge in [-0.2, -0.15) is 0 Å². The lowest BCUT2D eigenvalue weighted by atomic mass is 9.80. The maximum Gasteiger partial charge on any atom is 0.306 e. The lowest BCUT2D eigenvalue weighted by molar-refractivity contribution is -0.144. The minimum atomic E-state index is -0.210. The lowest BCUT2D eigenvalue weighted by Crippen LogP contribution is -2.42. The minimum absolute atomic E-state index is 0.0716. The summed E-state index contributed by atoms with van der Waals surface area (Å²) in [4.78, 5) is 21.9. The maximum atomic E-state index is 11.0. The average molecular weight is 185 g/mol. The molecule has 1 aliphatic rings. The van der Waals surface area contributed by atoms with Crippen LogP contribution in [0.4, 0.5) is 0 Å². The second kappa shape index (κ2) is 3.77. The predicted molar refractivity (Wildman–Crippen MR) is 47.0 cm³/mol. The summed E-state index contributed by atoms with van der Waals surface area (Å²) in [6.45, 7) is 2.56. The van der Waals surface area contributed by atoms with E-state index in [4.69, 9.17) is 0 Å². The van der Waals surface area contributed by atoms with E-state index >= 15 is 0 Å². The zero-order valence-corrected chi connectivity index (χ0v) is 8.05. The molecule has 0 spiro atoms. The topological polar surface area (TPSA) is 55.4 Å². The van der Waals surface area contributed by atoms with Gasteiger partial charge in [0.05, 0.1) is 13.5 Å². The lowest BCUT2D eigenvalue weighted by Gasteiger charge is -2.32. The third-order valence-corrected chi connectivity index (χ3v) is 2.47. The van der Waals surface area contributed by atoms with E-state index in [0.29, 0.717) is 19.4 Å². The number of carbonyl (C=O) groups is 2. The summed E-state index contributed by atoms with van der Waals surface area (Å²) >= 11 is 0. The molecule has 0 aromatic carbocycles. The second-order valence-corrected chi connectivity index (χ2v) is 3.84. The molecule has 1 unspecified atom stereocenters. The number of hydrogen-bond acceptors (Lipinski definition) is 3. The first-order chi connectivity index (χ1) is 6.06. The fourth-order valence-corrected chi connectivity index (χ4v) is 1.48. The molecule has 0 aliphatic carbocycles. The van der Waals surface area contributed by atoms with Crippen LogP contribution in [-0.4, -0.2) is 25.5 Å². The monoisotopic (exact) mass is 185 g/mol. The highest BCUT2D eigenvalue weighted by molar-refractivity contribution is 5.77. The van der Waals surface area contributed by atoms with E-state index in [2.05, 4.69) is 10.1 Å². The fourth-order valence-electron chi connectivity index (χ4n) is 1.48. The molecule has 0 aromatic heterocycles. The first-order valence-electron chi connectivity index (χ1n) is 4.39. The summed E-state index contributed by atoms with van der Waals surface area (Å²) in [6, 6.07) is 0. The van der Waals surface area contributed by atoms with E-state index in [9.17, 15) is 9.59 Å². The number of nitrogens with one attached hydrogen (secondary N) is 1. The highest BCUT2D eigenvalue weighted by Gasteiger charge is 2.32. The summed E-state index contributed by atoms with van der Waals surface area (Å²) in [5, 5.41) is 2.76. The van der Waals surface area contributed by atoms with Gasteiger partial charge in [0.1, 0.15) is 0 Å². The Balaban J connectivity index is 2.47. The van der Waals surface area contributed by atoms with Gasteiger partial charge in [0, 0.05) is 13.0 Å². The normalized spacial score (nSPS) is 28.0. The van der Waals surface area contributed by atoms with Crippen molar-refractivity contribution in [2.75, 3.05) is 13.7 Å². The van der Waals surface area contributed by atoms with Crippen LogP contribution in [0.2, 0.25) is 0 Å². The standard InChI is InChI=1S/C9H15NO3/c1-9(5-8(12)13-2)4-3-7(11)10-6-9/h3-6H2,1-2H3,(H,10,11). The largest absolute Gasteiger partial charge is 0.469 e. The van der Waals surface area contributed by atoms with Crippen LogP contribution in [0.5, 0.6) is 0 Å². The molecule has 13 heavy (non-hydrogen) atoms. The van der Waals surface area contributed by atoms with Gasteiger partial charge in [-0.15, -0.1) is 0 Å². The van der Waals surface area contributed by atoms with Gasteiger partial charge in [-0.25, -0.2) is 0 Å². The number of amides is 1. The Labute approximate surface area is 77.6 Å². The number of carbonyl (C=O) groups excluding carboxylic acids is 2. The first-order valence-corrected chi connectivity index (χ1v) is 4.39. The van der Waals surface area contributed by atoms with Gasteiger partial charge < -0.3 is 10.1 Å². The molecule has 1 fully saturated rings. The van der Waals surface area contributed by atoms with Crippen molar-refractivity contribution >= 4 is 11.9 Å². The van der Waals surface area contributed by atoms with Crippen LogP contribution in [-0.2, 0) is 14.3 Å². The van der Waals surface area contributed by atoms with E-state index in [1.807, 2.05) is 6.92 Å². The molecule has 1 atom stereocenters. The van der Waals surface area contributed by atoms with Crippen molar-refractivity contribution in [2.45, 2.75) is 26.2 Å². The number of esters is 1. The molecule has 1 heterocycles. The van der Waals surface area contributed by atoms with Gasteiger partial charge in [-0.1, -0.05) is 6.92 Å². The van der Waals surface area contributed by atoms with Crippen molar-refractivity contribution < 1.29 is 14.3 Å². The Morgan fingerprint density at radius 1 is 1.69 bits per heavy atom. The van der Waals surface area contributed by atoms with E-state index < -0.39 is 0 Å². The molecule has 1 saturated heterocycles. The Morgan fingerprint density at radius 2 is 2.38 bits per heavy atom. The van der Waals surface area contributed by atoms with E-state index in [1.165, 1.54) is 7.11 Å². The molecule has 1 amide bonds. The molecular formula is C9H15NO3. The zero-order chi connectivity index (χ0) is 9.90. The van der Waals surface area contributed by atoms with E-state index in [0.717, 1.165) is 6.42 Å². The summed E-state index contributed by atoms with van der Waals surface area (Å²) in [5.41, 5.74) is -0.124. The van der Waals surface area contributed by atoms with E-state index in [1.54, 1.807) is 0 Å². The first kappa shape index (κ1) is 10.0. The summed E-state index contributed by atoms with van der Waals surface area (Å²) < 4.78 is 4.59. The summed E-state index contributed by atoms with van der Waals surface area (Å²) in [6.07, 6.45) is 1.64. The van der Waals surface area contributed by atoms with Crippen LogP contribution in [0.1, 0.15) is 26.2 Å². The Morgan fingerprint density at radius 3 is 2.85 bits per heavy atom. The van der Waals surface area contributed by atoms with Crippen molar-refractivity contribution in [3.8, 4) is 0 Å². The average Bonchev–Trinajstić information content (AvgIpc) is 2.10. The van der Waals surface area contributed by atoms with Crippen molar-refractivity contribution in [3.63, 3.8) is 0 Å². The van der Waals surface area contributed by atoms with Gasteiger partial charge >= 0.3 is 5.97 Å². The van der Waals surface area contributed by atoms with Crippen molar-refractivity contribution in [1.29, 1.82) is 0 Å². The number of piperidine rings is 1. The molecule has 0 radical (unpaired) electrons. The third kappa shape index (κ3) is 2.72. The maximum absolute atomic E-state index is 11.0. The van der Waals surface area contributed by atoms with Crippen molar-refractivity contribution in [2.24, 2.45) is 5.41 Å². The van der Waals surface area contributed by atoms with Crippen LogP contribution >= 0.6 is 0 Å². The second-order valence-electron chi connectivity index (χ2n) is 3.84. The third-order valence-electron chi connectivity index (χ3n) is 2.47. The Bertz CT molecular complexity index is 215. The van der Waals surface area contributed by atoms with Crippen LogP contribution in [0.15, 0.2) is 0 Å². The van der Waals surface area contributed by atoms with Gasteiger partial charge in [0.2, 0.25) is 5.91 Å².